The van der Waals surface area contributed by atoms with Crippen LogP contribution in [0.2, 0.25) is 0 Å². The second kappa shape index (κ2) is 6.74. The van der Waals surface area contributed by atoms with Gasteiger partial charge in [-0.05, 0) is 18.1 Å². The smallest absolute Gasteiger partial charge is 0.256 e. The Morgan fingerprint density at radius 1 is 1.14 bits per heavy atom. The standard InChI is InChI=1S/C23H23N3O3/c1-25-13-18(17-9-5-6-10-19(17)25)22(28)26-12-11-23(16-7-3-2-4-8-16)20(14-26)29-15-21(27)24-23/h2-10,13,20H,11-12,14-15H2,1H3,(H,24,27)/t20-,23+/m1/s1. The summed E-state index contributed by atoms with van der Waals surface area (Å²) in [7, 11) is 1.95. The van der Waals surface area contributed by atoms with E-state index in [1.165, 1.54) is 0 Å². The molecule has 1 aromatic heterocycles. The molecule has 148 valence electrons. The Morgan fingerprint density at radius 3 is 2.72 bits per heavy atom. The van der Waals surface area contributed by atoms with Crippen molar-refractivity contribution in [3.05, 3.63) is 71.9 Å². The third kappa shape index (κ3) is 2.83. The number of likely N-dealkylation sites (tertiary alicyclic amines) is 1. The highest BCUT2D eigenvalue weighted by molar-refractivity contribution is 6.07. The lowest BCUT2D eigenvalue weighted by Crippen LogP contribution is -2.67. The highest BCUT2D eigenvalue weighted by atomic mass is 16.5. The van der Waals surface area contributed by atoms with Crippen LogP contribution in [0.25, 0.3) is 10.9 Å². The minimum Gasteiger partial charge on any atom is -0.364 e. The Kier molecular flexibility index (Phi) is 4.17. The van der Waals surface area contributed by atoms with Gasteiger partial charge < -0.3 is 19.5 Å². The SMILES string of the molecule is Cn1cc(C(=O)N2CC[C@@]3(c4ccccc4)NC(=O)CO[C@@H]3C2)c2ccccc21. The lowest BCUT2D eigenvalue weighted by atomic mass is 9.77. The van der Waals surface area contributed by atoms with E-state index >= 15 is 0 Å². The Labute approximate surface area is 169 Å². The summed E-state index contributed by atoms with van der Waals surface area (Å²) in [6.07, 6.45) is 2.23. The summed E-state index contributed by atoms with van der Waals surface area (Å²) >= 11 is 0. The summed E-state index contributed by atoms with van der Waals surface area (Å²) in [4.78, 5) is 27.4. The predicted octanol–water partition coefficient (Wildman–Crippen LogP) is 2.43. The summed E-state index contributed by atoms with van der Waals surface area (Å²) < 4.78 is 7.93. The second-order valence-electron chi connectivity index (χ2n) is 7.86. The fourth-order valence-corrected chi connectivity index (χ4v) is 4.72. The van der Waals surface area contributed by atoms with Gasteiger partial charge in [0.15, 0.2) is 0 Å². The van der Waals surface area contributed by atoms with Gasteiger partial charge in [0.1, 0.15) is 12.7 Å². The topological polar surface area (TPSA) is 63.6 Å². The van der Waals surface area contributed by atoms with Crippen LogP contribution in [-0.4, -0.2) is 47.1 Å². The largest absolute Gasteiger partial charge is 0.364 e. The number of benzene rings is 2. The monoisotopic (exact) mass is 389 g/mol. The van der Waals surface area contributed by atoms with Crippen molar-refractivity contribution < 1.29 is 14.3 Å². The number of hydrogen-bond acceptors (Lipinski definition) is 3. The molecule has 0 radical (unpaired) electrons. The molecule has 0 saturated carbocycles. The lowest BCUT2D eigenvalue weighted by Gasteiger charge is -2.50. The van der Waals surface area contributed by atoms with E-state index in [2.05, 4.69) is 5.32 Å². The van der Waals surface area contributed by atoms with Crippen LogP contribution >= 0.6 is 0 Å². The maximum Gasteiger partial charge on any atom is 0.256 e. The Bertz CT molecular complexity index is 1090. The van der Waals surface area contributed by atoms with Crippen LogP contribution in [0.4, 0.5) is 0 Å². The number of aromatic nitrogens is 1. The summed E-state index contributed by atoms with van der Waals surface area (Å²) in [6, 6.07) is 17.9. The van der Waals surface area contributed by atoms with Crippen molar-refractivity contribution in [2.45, 2.75) is 18.1 Å². The molecule has 2 fully saturated rings. The Hall–Kier alpha value is -3.12. The first-order valence-electron chi connectivity index (χ1n) is 9.90. The second-order valence-corrected chi connectivity index (χ2v) is 7.86. The van der Waals surface area contributed by atoms with Gasteiger partial charge in [0.2, 0.25) is 5.91 Å². The number of nitrogens with zero attached hydrogens (tertiary/aromatic N) is 2. The van der Waals surface area contributed by atoms with Crippen LogP contribution in [-0.2, 0) is 22.1 Å². The molecular weight excluding hydrogens is 366 g/mol. The fraction of sp³-hybridized carbons (Fsp3) is 0.304. The minimum absolute atomic E-state index is 0.00367. The molecule has 2 aliphatic heterocycles. The molecular formula is C23H23N3O3. The molecule has 0 spiro atoms. The van der Waals surface area contributed by atoms with E-state index in [4.69, 9.17) is 4.74 Å². The first-order valence-corrected chi connectivity index (χ1v) is 9.90. The Morgan fingerprint density at radius 2 is 1.90 bits per heavy atom. The lowest BCUT2D eigenvalue weighted by molar-refractivity contribution is -0.150. The van der Waals surface area contributed by atoms with Gasteiger partial charge in [-0.3, -0.25) is 9.59 Å². The van der Waals surface area contributed by atoms with Gasteiger partial charge in [-0.15, -0.1) is 0 Å². The van der Waals surface area contributed by atoms with E-state index in [-0.39, 0.29) is 24.5 Å². The molecule has 2 atom stereocenters. The van der Waals surface area contributed by atoms with Gasteiger partial charge >= 0.3 is 0 Å². The van der Waals surface area contributed by atoms with E-state index in [0.29, 0.717) is 25.1 Å². The van der Waals surface area contributed by atoms with Crippen molar-refractivity contribution in [2.75, 3.05) is 19.7 Å². The summed E-state index contributed by atoms with van der Waals surface area (Å²) in [5.41, 5.74) is 2.17. The summed E-state index contributed by atoms with van der Waals surface area (Å²) in [6.45, 7) is 1.02. The number of para-hydroxylation sites is 1. The molecule has 0 unspecified atom stereocenters. The third-order valence-electron chi connectivity index (χ3n) is 6.19. The molecule has 2 amide bonds. The number of carbonyl (C=O) groups excluding carboxylic acids is 2. The first-order chi connectivity index (χ1) is 14.1. The minimum atomic E-state index is -0.591. The zero-order valence-corrected chi connectivity index (χ0v) is 16.3. The maximum atomic E-state index is 13.4. The fourth-order valence-electron chi connectivity index (χ4n) is 4.72. The highest BCUT2D eigenvalue weighted by Gasteiger charge is 2.50. The molecule has 5 rings (SSSR count). The molecule has 2 saturated heterocycles. The maximum absolute atomic E-state index is 13.4. The van der Waals surface area contributed by atoms with Crippen molar-refractivity contribution in [1.29, 1.82) is 0 Å². The van der Waals surface area contributed by atoms with Gasteiger partial charge in [-0.2, -0.15) is 0 Å². The molecule has 3 heterocycles. The molecule has 2 aliphatic rings. The van der Waals surface area contributed by atoms with Crippen molar-refractivity contribution in [3.63, 3.8) is 0 Å². The normalized spacial score (nSPS) is 24.2. The average molecular weight is 389 g/mol. The van der Waals surface area contributed by atoms with Gasteiger partial charge in [-0.1, -0.05) is 48.5 Å². The number of fused-ring (bicyclic) bond motifs is 2. The van der Waals surface area contributed by atoms with Crippen molar-refractivity contribution in [1.82, 2.24) is 14.8 Å². The zero-order valence-electron chi connectivity index (χ0n) is 16.3. The number of piperidine rings is 1. The summed E-state index contributed by atoms with van der Waals surface area (Å²) in [5.74, 6) is -0.108. The van der Waals surface area contributed by atoms with Crippen molar-refractivity contribution in [2.24, 2.45) is 7.05 Å². The van der Waals surface area contributed by atoms with Crippen LogP contribution in [0.3, 0.4) is 0 Å². The number of nitrogens with one attached hydrogen (secondary N) is 1. The zero-order chi connectivity index (χ0) is 20.0. The van der Waals surface area contributed by atoms with Crippen molar-refractivity contribution in [3.8, 4) is 0 Å². The number of aryl methyl sites for hydroxylation is 1. The first kappa shape index (κ1) is 17.9. The predicted molar refractivity (Wildman–Crippen MR) is 109 cm³/mol. The quantitative estimate of drug-likeness (QED) is 0.732. The van der Waals surface area contributed by atoms with Crippen molar-refractivity contribution >= 4 is 22.7 Å². The van der Waals surface area contributed by atoms with Crippen LogP contribution in [0.1, 0.15) is 22.3 Å². The number of amides is 2. The Balaban J connectivity index is 1.47. The molecule has 6 nitrogen and oxygen atoms in total. The molecule has 0 bridgehead atoms. The van der Waals surface area contributed by atoms with Crippen LogP contribution < -0.4 is 5.32 Å². The third-order valence-corrected chi connectivity index (χ3v) is 6.19. The molecule has 2 aromatic carbocycles. The highest BCUT2D eigenvalue weighted by Crippen LogP contribution is 2.37. The van der Waals surface area contributed by atoms with E-state index in [9.17, 15) is 9.59 Å². The average Bonchev–Trinajstić information content (AvgIpc) is 3.10. The number of rotatable bonds is 2. The van der Waals surface area contributed by atoms with Crippen LogP contribution in [0, 0.1) is 0 Å². The molecule has 1 N–H and O–H groups in total. The van der Waals surface area contributed by atoms with E-state index in [0.717, 1.165) is 16.5 Å². The number of morpholine rings is 1. The van der Waals surface area contributed by atoms with Gasteiger partial charge in [0.25, 0.3) is 5.91 Å². The molecule has 6 heteroatoms. The summed E-state index contributed by atoms with van der Waals surface area (Å²) in [5, 5.41) is 4.13. The number of hydrogen-bond donors (Lipinski definition) is 1. The van der Waals surface area contributed by atoms with E-state index in [1.807, 2.05) is 77.3 Å². The van der Waals surface area contributed by atoms with Crippen LogP contribution in [0.15, 0.2) is 60.8 Å². The number of carbonyl (C=O) groups is 2. The van der Waals surface area contributed by atoms with Gasteiger partial charge in [0.05, 0.1) is 11.1 Å². The van der Waals surface area contributed by atoms with E-state index < -0.39 is 5.54 Å². The molecule has 3 aromatic rings. The van der Waals surface area contributed by atoms with Crippen LogP contribution in [0.5, 0.6) is 0 Å². The molecule has 0 aliphatic carbocycles. The van der Waals surface area contributed by atoms with Gasteiger partial charge in [-0.25, -0.2) is 0 Å². The molecule has 29 heavy (non-hydrogen) atoms. The van der Waals surface area contributed by atoms with E-state index in [1.54, 1.807) is 0 Å². The number of ether oxygens (including phenoxy) is 1. The van der Waals surface area contributed by atoms with Gasteiger partial charge in [0, 0.05) is 37.2 Å².